The molecule has 0 unspecified atom stereocenters. The van der Waals surface area contributed by atoms with Gasteiger partial charge in [0.2, 0.25) is 0 Å². The van der Waals surface area contributed by atoms with E-state index in [9.17, 15) is 10.1 Å². The van der Waals surface area contributed by atoms with Gasteiger partial charge in [-0.05, 0) is 47.0 Å². The second kappa shape index (κ2) is 9.25. The molecule has 0 radical (unpaired) electrons. The van der Waals surface area contributed by atoms with Crippen LogP contribution in [0.3, 0.4) is 0 Å². The summed E-state index contributed by atoms with van der Waals surface area (Å²) in [6.45, 7) is 0.395. The molecule has 0 heterocycles. The summed E-state index contributed by atoms with van der Waals surface area (Å²) in [6, 6.07) is 23.6. The molecule has 0 aliphatic carbocycles. The van der Waals surface area contributed by atoms with Gasteiger partial charge in [-0.2, -0.15) is 5.26 Å². The van der Waals surface area contributed by atoms with Crippen LogP contribution in [0.25, 0.3) is 11.6 Å². The van der Waals surface area contributed by atoms with Crippen LogP contribution in [0.4, 0.5) is 0 Å². The molecule has 0 fully saturated rings. The summed E-state index contributed by atoms with van der Waals surface area (Å²) in [5.41, 5.74) is 3.03. The van der Waals surface area contributed by atoms with Crippen molar-refractivity contribution in [1.29, 1.82) is 5.26 Å². The van der Waals surface area contributed by atoms with E-state index in [-0.39, 0.29) is 5.56 Å². The first-order chi connectivity index (χ1) is 14.1. The topological polar surface area (TPSA) is 79.5 Å². The summed E-state index contributed by atoms with van der Waals surface area (Å²) in [5.74, 6) is 0.167. The van der Waals surface area contributed by atoms with E-state index in [4.69, 9.17) is 14.6 Å². The summed E-state index contributed by atoms with van der Waals surface area (Å²) < 4.78 is 11.3. The number of rotatable bonds is 7. The van der Waals surface area contributed by atoms with Crippen molar-refractivity contribution < 1.29 is 19.4 Å². The molecule has 0 atom stereocenters. The van der Waals surface area contributed by atoms with Crippen molar-refractivity contribution in [2.45, 2.75) is 6.61 Å². The minimum absolute atomic E-state index is 0.173. The van der Waals surface area contributed by atoms with Crippen molar-refractivity contribution in [3.05, 3.63) is 95.1 Å². The molecule has 5 heteroatoms. The Morgan fingerprint density at radius 3 is 2.31 bits per heavy atom. The van der Waals surface area contributed by atoms with Crippen molar-refractivity contribution in [3.8, 4) is 17.6 Å². The van der Waals surface area contributed by atoms with Crippen LogP contribution < -0.4 is 9.47 Å². The average Bonchev–Trinajstić information content (AvgIpc) is 2.77. The number of hydrogen-bond donors (Lipinski definition) is 1. The van der Waals surface area contributed by atoms with E-state index in [1.165, 1.54) is 12.1 Å². The lowest BCUT2D eigenvalue weighted by Gasteiger charge is -2.12. The number of carboxylic acid groups (broad SMARTS) is 1. The second-order valence-corrected chi connectivity index (χ2v) is 6.24. The number of nitrogens with zero attached hydrogens (tertiary/aromatic N) is 1. The molecular formula is C24H19NO4. The number of hydrogen-bond acceptors (Lipinski definition) is 4. The molecule has 0 aliphatic heterocycles. The predicted molar refractivity (Wildman–Crippen MR) is 111 cm³/mol. The zero-order valence-electron chi connectivity index (χ0n) is 15.8. The van der Waals surface area contributed by atoms with Gasteiger partial charge in [0, 0.05) is 0 Å². The Morgan fingerprint density at radius 2 is 1.69 bits per heavy atom. The van der Waals surface area contributed by atoms with E-state index < -0.39 is 5.97 Å². The predicted octanol–water partition coefficient (Wildman–Crippen LogP) is 5.04. The fourth-order valence-electron chi connectivity index (χ4n) is 2.77. The van der Waals surface area contributed by atoms with Gasteiger partial charge < -0.3 is 14.6 Å². The second-order valence-electron chi connectivity index (χ2n) is 6.24. The van der Waals surface area contributed by atoms with Gasteiger partial charge in [0.05, 0.1) is 24.3 Å². The van der Waals surface area contributed by atoms with Crippen LogP contribution in [0.15, 0.2) is 72.8 Å². The highest BCUT2D eigenvalue weighted by Gasteiger charge is 2.08. The summed E-state index contributed by atoms with van der Waals surface area (Å²) in [7, 11) is 1.57. The Kier molecular flexibility index (Phi) is 6.29. The first-order valence-corrected chi connectivity index (χ1v) is 8.91. The molecule has 144 valence electrons. The van der Waals surface area contributed by atoms with E-state index >= 15 is 0 Å². The highest BCUT2D eigenvalue weighted by Crippen LogP contribution is 2.30. The maximum atomic E-state index is 11.0. The SMILES string of the molecule is COc1ccc(/C=C(/C#N)c2ccc(C(=O)O)cc2)cc1OCc1ccccc1. The lowest BCUT2D eigenvalue weighted by atomic mass is 10.0. The molecular weight excluding hydrogens is 366 g/mol. The first kappa shape index (κ1) is 19.7. The highest BCUT2D eigenvalue weighted by molar-refractivity contribution is 5.92. The Morgan fingerprint density at radius 1 is 1.00 bits per heavy atom. The lowest BCUT2D eigenvalue weighted by molar-refractivity contribution is 0.0697. The first-order valence-electron chi connectivity index (χ1n) is 8.91. The molecule has 0 bridgehead atoms. The molecule has 0 aliphatic rings. The fourth-order valence-corrected chi connectivity index (χ4v) is 2.77. The molecule has 0 spiro atoms. The van der Waals surface area contributed by atoms with Crippen LogP contribution in [-0.2, 0) is 6.61 Å². The molecule has 0 aromatic heterocycles. The molecule has 5 nitrogen and oxygen atoms in total. The van der Waals surface area contributed by atoms with Crippen molar-refractivity contribution in [2.24, 2.45) is 0 Å². The number of carboxylic acids is 1. The molecule has 0 amide bonds. The van der Waals surface area contributed by atoms with Crippen LogP contribution in [-0.4, -0.2) is 18.2 Å². The van der Waals surface area contributed by atoms with Gasteiger partial charge in [-0.3, -0.25) is 0 Å². The maximum absolute atomic E-state index is 11.0. The summed E-state index contributed by atoms with van der Waals surface area (Å²) in [4.78, 5) is 11.0. The van der Waals surface area contributed by atoms with Crippen LogP contribution in [0.5, 0.6) is 11.5 Å². The van der Waals surface area contributed by atoms with Gasteiger partial charge in [-0.1, -0.05) is 48.5 Å². The van der Waals surface area contributed by atoms with Crippen molar-refractivity contribution >= 4 is 17.6 Å². The number of carbonyl (C=O) groups is 1. The Balaban J connectivity index is 1.86. The van der Waals surface area contributed by atoms with E-state index in [0.29, 0.717) is 29.2 Å². The van der Waals surface area contributed by atoms with Crippen LogP contribution in [0.2, 0.25) is 0 Å². The van der Waals surface area contributed by atoms with Crippen molar-refractivity contribution in [3.63, 3.8) is 0 Å². The number of methoxy groups -OCH3 is 1. The van der Waals surface area contributed by atoms with E-state index in [2.05, 4.69) is 6.07 Å². The molecule has 1 N–H and O–H groups in total. The zero-order valence-corrected chi connectivity index (χ0v) is 15.8. The highest BCUT2D eigenvalue weighted by atomic mass is 16.5. The number of ether oxygens (including phenoxy) is 2. The average molecular weight is 385 g/mol. The van der Waals surface area contributed by atoms with Gasteiger partial charge in [-0.25, -0.2) is 4.79 Å². The van der Waals surface area contributed by atoms with Gasteiger partial charge in [-0.15, -0.1) is 0 Å². The quantitative estimate of drug-likeness (QED) is 0.455. The van der Waals surface area contributed by atoms with E-state index in [1.54, 1.807) is 31.4 Å². The van der Waals surface area contributed by atoms with Crippen LogP contribution in [0, 0.1) is 11.3 Å². The van der Waals surface area contributed by atoms with Gasteiger partial charge in [0.1, 0.15) is 6.61 Å². The number of allylic oxidation sites excluding steroid dienone is 1. The van der Waals surface area contributed by atoms with Gasteiger partial charge in [0.15, 0.2) is 11.5 Å². The summed E-state index contributed by atoms with van der Waals surface area (Å²) in [6.07, 6.45) is 1.73. The molecule has 29 heavy (non-hydrogen) atoms. The monoisotopic (exact) mass is 385 g/mol. The number of aromatic carboxylic acids is 1. The van der Waals surface area contributed by atoms with Crippen molar-refractivity contribution in [2.75, 3.05) is 7.11 Å². The summed E-state index contributed by atoms with van der Waals surface area (Å²) >= 11 is 0. The minimum atomic E-state index is -1.01. The third-order valence-corrected chi connectivity index (χ3v) is 4.30. The molecule has 3 aromatic carbocycles. The number of nitriles is 1. The smallest absolute Gasteiger partial charge is 0.335 e. The number of benzene rings is 3. The Bertz CT molecular complexity index is 1060. The van der Waals surface area contributed by atoms with E-state index in [0.717, 1.165) is 11.1 Å². The minimum Gasteiger partial charge on any atom is -0.493 e. The zero-order chi connectivity index (χ0) is 20.6. The molecule has 0 saturated carbocycles. The van der Waals surface area contributed by atoms with Crippen LogP contribution >= 0.6 is 0 Å². The molecule has 3 rings (SSSR count). The lowest BCUT2D eigenvalue weighted by Crippen LogP contribution is -1.98. The third kappa shape index (κ3) is 5.02. The van der Waals surface area contributed by atoms with Gasteiger partial charge >= 0.3 is 5.97 Å². The standard InChI is InChI=1S/C24H19NO4/c1-28-22-12-7-18(14-23(22)29-16-17-5-3-2-4-6-17)13-21(15-25)19-8-10-20(11-9-19)24(26)27/h2-14H,16H2,1H3,(H,26,27)/b21-13-. The summed E-state index contributed by atoms with van der Waals surface area (Å²) in [5, 5.41) is 18.6. The third-order valence-electron chi connectivity index (χ3n) is 4.30. The largest absolute Gasteiger partial charge is 0.493 e. The maximum Gasteiger partial charge on any atom is 0.335 e. The van der Waals surface area contributed by atoms with Crippen molar-refractivity contribution in [1.82, 2.24) is 0 Å². The Hall–Kier alpha value is -4.04. The van der Waals surface area contributed by atoms with E-state index in [1.807, 2.05) is 42.5 Å². The molecule has 3 aromatic rings. The van der Waals surface area contributed by atoms with Gasteiger partial charge in [0.25, 0.3) is 0 Å². The normalized spacial score (nSPS) is 10.8. The molecule has 0 saturated heterocycles. The fraction of sp³-hybridized carbons (Fsp3) is 0.0833. The van der Waals surface area contributed by atoms with Crippen LogP contribution in [0.1, 0.15) is 27.0 Å². The Labute approximate surface area is 169 Å².